The van der Waals surface area contributed by atoms with Crippen molar-refractivity contribution in [3.63, 3.8) is 0 Å². The molecule has 1 aromatic heterocycles. The first-order chi connectivity index (χ1) is 8.54. The van der Waals surface area contributed by atoms with Crippen LogP contribution in [0.5, 0.6) is 0 Å². The van der Waals surface area contributed by atoms with Crippen molar-refractivity contribution in [2.24, 2.45) is 13.0 Å². The summed E-state index contributed by atoms with van der Waals surface area (Å²) in [5.41, 5.74) is 0. The van der Waals surface area contributed by atoms with Gasteiger partial charge in [0.1, 0.15) is 4.90 Å². The van der Waals surface area contributed by atoms with Gasteiger partial charge in [-0.1, -0.05) is 0 Å². The summed E-state index contributed by atoms with van der Waals surface area (Å²) in [5, 5.41) is 7.05. The molecule has 2 heterocycles. The molecule has 2 rings (SSSR count). The summed E-state index contributed by atoms with van der Waals surface area (Å²) < 4.78 is 27.9. The second-order valence-corrected chi connectivity index (χ2v) is 6.72. The van der Waals surface area contributed by atoms with E-state index in [0.717, 1.165) is 19.4 Å². The van der Waals surface area contributed by atoms with Crippen molar-refractivity contribution >= 4 is 10.0 Å². The van der Waals surface area contributed by atoms with Crippen LogP contribution in [0.4, 0.5) is 0 Å². The van der Waals surface area contributed by atoms with E-state index in [-0.39, 0.29) is 4.90 Å². The Morgan fingerprint density at radius 3 is 2.94 bits per heavy atom. The van der Waals surface area contributed by atoms with Crippen molar-refractivity contribution in [2.75, 3.05) is 26.7 Å². The molecule has 0 amide bonds. The molecule has 1 atom stereocenters. The lowest BCUT2D eigenvalue weighted by molar-refractivity contribution is 0.263. The Kier molecular flexibility index (Phi) is 4.04. The fourth-order valence-corrected chi connectivity index (χ4v) is 3.92. The van der Waals surface area contributed by atoms with Gasteiger partial charge in [-0.2, -0.15) is 9.40 Å². The summed E-state index contributed by atoms with van der Waals surface area (Å²) in [6, 6.07) is 0. The lowest BCUT2D eigenvalue weighted by Crippen LogP contribution is -2.42. The first-order valence-electron chi connectivity index (χ1n) is 6.17. The number of nitrogens with zero attached hydrogens (tertiary/aromatic N) is 3. The van der Waals surface area contributed by atoms with Gasteiger partial charge in [0.2, 0.25) is 10.0 Å². The molecule has 1 aliphatic rings. The highest BCUT2D eigenvalue weighted by atomic mass is 32.2. The van der Waals surface area contributed by atoms with Crippen LogP contribution in [-0.2, 0) is 17.1 Å². The molecule has 1 N–H and O–H groups in total. The normalized spacial score (nSPS) is 22.2. The molecule has 0 unspecified atom stereocenters. The number of aryl methyl sites for hydroxylation is 1. The zero-order chi connectivity index (χ0) is 13.2. The Labute approximate surface area is 108 Å². The van der Waals surface area contributed by atoms with Gasteiger partial charge in [-0.05, 0) is 32.4 Å². The second kappa shape index (κ2) is 5.38. The van der Waals surface area contributed by atoms with Crippen LogP contribution >= 0.6 is 0 Å². The van der Waals surface area contributed by atoms with E-state index in [4.69, 9.17) is 0 Å². The molecule has 1 fully saturated rings. The largest absolute Gasteiger partial charge is 0.319 e. The minimum Gasteiger partial charge on any atom is -0.319 e. The van der Waals surface area contributed by atoms with Crippen molar-refractivity contribution in [1.82, 2.24) is 19.4 Å². The predicted molar refractivity (Wildman–Crippen MR) is 68.6 cm³/mol. The Hall–Kier alpha value is -0.920. The molecule has 0 saturated carbocycles. The molecule has 0 bridgehead atoms. The molecule has 1 aliphatic heterocycles. The van der Waals surface area contributed by atoms with E-state index in [0.29, 0.717) is 19.0 Å². The zero-order valence-electron chi connectivity index (χ0n) is 10.8. The Morgan fingerprint density at radius 2 is 2.33 bits per heavy atom. The van der Waals surface area contributed by atoms with Crippen LogP contribution in [0, 0.1) is 5.92 Å². The van der Waals surface area contributed by atoms with E-state index in [1.54, 1.807) is 17.5 Å². The SMILES string of the molecule is CNC[C@@H]1CCCN(S(=O)(=O)c2cnn(C)c2)C1. The van der Waals surface area contributed by atoms with Gasteiger partial charge in [-0.15, -0.1) is 0 Å². The highest BCUT2D eigenvalue weighted by molar-refractivity contribution is 7.89. The standard InChI is InChI=1S/C11H20N4O2S/c1-12-6-10-4-3-5-15(8-10)18(16,17)11-7-13-14(2)9-11/h7,9-10,12H,3-6,8H2,1-2H3/t10-/m0/s1. The highest BCUT2D eigenvalue weighted by Gasteiger charge is 2.30. The number of piperidine rings is 1. The van der Waals surface area contributed by atoms with Gasteiger partial charge in [0.15, 0.2) is 0 Å². The Balaban J connectivity index is 2.15. The number of aromatic nitrogens is 2. The minimum absolute atomic E-state index is 0.287. The summed E-state index contributed by atoms with van der Waals surface area (Å²) >= 11 is 0. The van der Waals surface area contributed by atoms with Crippen LogP contribution < -0.4 is 5.32 Å². The molecular weight excluding hydrogens is 252 g/mol. The third-order valence-corrected chi connectivity index (χ3v) is 5.11. The number of hydrogen-bond donors (Lipinski definition) is 1. The molecule has 0 aliphatic carbocycles. The summed E-state index contributed by atoms with van der Waals surface area (Å²) in [4.78, 5) is 0.287. The Morgan fingerprint density at radius 1 is 1.56 bits per heavy atom. The molecule has 7 heteroatoms. The lowest BCUT2D eigenvalue weighted by atomic mass is 10.00. The summed E-state index contributed by atoms with van der Waals surface area (Å²) in [6.07, 6.45) is 4.97. The predicted octanol–water partition coefficient (Wildman–Crippen LogP) is 0.0402. The van der Waals surface area contributed by atoms with E-state index in [2.05, 4.69) is 10.4 Å². The maximum absolute atomic E-state index is 12.4. The molecule has 0 radical (unpaired) electrons. The van der Waals surface area contributed by atoms with Crippen molar-refractivity contribution in [3.8, 4) is 0 Å². The van der Waals surface area contributed by atoms with Gasteiger partial charge < -0.3 is 5.32 Å². The van der Waals surface area contributed by atoms with Gasteiger partial charge in [0, 0.05) is 26.3 Å². The van der Waals surface area contributed by atoms with E-state index in [1.165, 1.54) is 10.9 Å². The van der Waals surface area contributed by atoms with Crippen LogP contribution in [0.2, 0.25) is 0 Å². The molecule has 102 valence electrons. The number of sulfonamides is 1. The average molecular weight is 272 g/mol. The topological polar surface area (TPSA) is 67.2 Å². The first-order valence-corrected chi connectivity index (χ1v) is 7.61. The molecule has 1 saturated heterocycles. The summed E-state index contributed by atoms with van der Waals surface area (Å²) in [6.45, 7) is 2.06. The highest BCUT2D eigenvalue weighted by Crippen LogP contribution is 2.22. The van der Waals surface area contributed by atoms with Gasteiger partial charge >= 0.3 is 0 Å². The van der Waals surface area contributed by atoms with Crippen LogP contribution in [0.15, 0.2) is 17.3 Å². The van der Waals surface area contributed by atoms with Gasteiger partial charge in [-0.3, -0.25) is 4.68 Å². The maximum atomic E-state index is 12.4. The average Bonchev–Trinajstić information content (AvgIpc) is 2.77. The quantitative estimate of drug-likeness (QED) is 0.840. The summed E-state index contributed by atoms with van der Waals surface area (Å²) in [5.74, 6) is 0.398. The van der Waals surface area contributed by atoms with E-state index in [9.17, 15) is 8.42 Å². The number of nitrogens with one attached hydrogen (secondary N) is 1. The third-order valence-electron chi connectivity index (χ3n) is 3.29. The molecular formula is C11H20N4O2S. The molecule has 0 spiro atoms. The van der Waals surface area contributed by atoms with Crippen molar-refractivity contribution < 1.29 is 8.42 Å². The van der Waals surface area contributed by atoms with Crippen LogP contribution in [0.1, 0.15) is 12.8 Å². The van der Waals surface area contributed by atoms with Gasteiger partial charge in [0.25, 0.3) is 0 Å². The number of rotatable bonds is 4. The first kappa shape index (κ1) is 13.5. The Bertz CT molecular complexity index is 495. The molecule has 1 aromatic rings. The zero-order valence-corrected chi connectivity index (χ0v) is 11.7. The third kappa shape index (κ3) is 2.73. The molecule has 6 nitrogen and oxygen atoms in total. The molecule has 0 aromatic carbocycles. The molecule has 18 heavy (non-hydrogen) atoms. The fraction of sp³-hybridized carbons (Fsp3) is 0.727. The van der Waals surface area contributed by atoms with Crippen molar-refractivity contribution in [1.29, 1.82) is 0 Å². The lowest BCUT2D eigenvalue weighted by Gasteiger charge is -2.31. The van der Waals surface area contributed by atoms with Crippen LogP contribution in [0.25, 0.3) is 0 Å². The van der Waals surface area contributed by atoms with Gasteiger partial charge in [-0.25, -0.2) is 8.42 Å². The van der Waals surface area contributed by atoms with E-state index >= 15 is 0 Å². The van der Waals surface area contributed by atoms with Crippen molar-refractivity contribution in [2.45, 2.75) is 17.7 Å². The van der Waals surface area contributed by atoms with Crippen molar-refractivity contribution in [3.05, 3.63) is 12.4 Å². The fourth-order valence-electron chi connectivity index (χ4n) is 2.38. The monoisotopic (exact) mass is 272 g/mol. The van der Waals surface area contributed by atoms with Gasteiger partial charge in [0.05, 0.1) is 6.20 Å². The summed E-state index contributed by atoms with van der Waals surface area (Å²) in [7, 11) is 0.248. The van der Waals surface area contributed by atoms with Crippen LogP contribution in [-0.4, -0.2) is 49.2 Å². The van der Waals surface area contributed by atoms with Crippen LogP contribution in [0.3, 0.4) is 0 Å². The second-order valence-electron chi connectivity index (χ2n) is 4.78. The minimum atomic E-state index is -3.37. The maximum Gasteiger partial charge on any atom is 0.246 e. The van der Waals surface area contributed by atoms with E-state index < -0.39 is 10.0 Å². The van der Waals surface area contributed by atoms with E-state index in [1.807, 2.05) is 7.05 Å². The number of hydrogen-bond acceptors (Lipinski definition) is 4. The smallest absolute Gasteiger partial charge is 0.246 e.